The van der Waals surface area contributed by atoms with E-state index in [0.717, 1.165) is 36.1 Å². The number of hydrogen-bond acceptors (Lipinski definition) is 5. The first-order chi connectivity index (χ1) is 11.8. The zero-order valence-electron chi connectivity index (χ0n) is 14.4. The molecule has 1 atom stereocenters. The zero-order chi connectivity index (χ0) is 18.6. The first-order valence-electron chi connectivity index (χ1n) is 8.27. The van der Waals surface area contributed by atoms with Crippen molar-refractivity contribution in [2.45, 2.75) is 43.5 Å². The molecule has 0 saturated carbocycles. The number of likely N-dealkylation sites (N-methyl/N-ethyl adjacent to an activating group) is 1. The number of sulfonamides is 1. The van der Waals surface area contributed by atoms with Crippen molar-refractivity contribution in [1.29, 1.82) is 0 Å². The van der Waals surface area contributed by atoms with Crippen molar-refractivity contribution in [3.8, 4) is 0 Å². The topological polar surface area (TPSA) is 101 Å². The fourth-order valence-electron chi connectivity index (χ4n) is 3.06. The molecule has 138 valence electrons. The molecule has 1 amide bonds. The number of hydrogen-bond donors (Lipinski definition) is 0. The van der Waals surface area contributed by atoms with E-state index in [1.807, 2.05) is 6.92 Å². The first kappa shape index (κ1) is 19.3. The highest BCUT2D eigenvalue weighted by Gasteiger charge is 2.30. The molecule has 1 heterocycles. The maximum Gasteiger partial charge on any atom is 0.270 e. The van der Waals surface area contributed by atoms with Crippen LogP contribution >= 0.6 is 0 Å². The Balaban J connectivity index is 2.15. The summed E-state index contributed by atoms with van der Waals surface area (Å²) in [4.78, 5) is 24.3. The summed E-state index contributed by atoms with van der Waals surface area (Å²) in [5.41, 5.74) is -0.303. The van der Waals surface area contributed by atoms with Crippen LogP contribution in [-0.2, 0) is 14.8 Å². The molecular weight excluding hydrogens is 346 g/mol. The van der Waals surface area contributed by atoms with Gasteiger partial charge in [-0.1, -0.05) is 13.0 Å². The third-order valence-corrected chi connectivity index (χ3v) is 6.31. The van der Waals surface area contributed by atoms with Crippen LogP contribution in [0.4, 0.5) is 5.69 Å². The molecule has 2 rings (SSSR count). The summed E-state index contributed by atoms with van der Waals surface area (Å²) in [6.07, 6.45) is 3.77. The first-order valence-corrected chi connectivity index (χ1v) is 9.71. The second-order valence-corrected chi connectivity index (χ2v) is 8.21. The molecule has 9 heteroatoms. The number of carbonyl (C=O) groups excluding carboxylic acids is 1. The highest BCUT2D eigenvalue weighted by Crippen LogP contribution is 2.22. The average Bonchev–Trinajstić information content (AvgIpc) is 2.61. The summed E-state index contributed by atoms with van der Waals surface area (Å²) in [6, 6.07) is 4.99. The number of nitro groups is 1. The van der Waals surface area contributed by atoms with Gasteiger partial charge in [-0.05, 0) is 31.7 Å². The number of piperidine rings is 1. The standard InChI is InChI=1S/C16H23N3O5S/c1-3-13-7-4-5-10-18(13)16(20)12-17(2)25(23,24)15-9-6-8-14(11-15)19(21)22/h6,8-9,11,13H,3-5,7,10,12H2,1-2H3. The molecule has 1 aliphatic rings. The van der Waals surface area contributed by atoms with Crippen molar-refractivity contribution in [2.75, 3.05) is 20.1 Å². The minimum Gasteiger partial charge on any atom is -0.339 e. The van der Waals surface area contributed by atoms with Crippen LogP contribution in [0.5, 0.6) is 0 Å². The summed E-state index contributed by atoms with van der Waals surface area (Å²) < 4.78 is 26.2. The summed E-state index contributed by atoms with van der Waals surface area (Å²) in [6.45, 7) is 2.38. The van der Waals surface area contributed by atoms with Crippen LogP contribution in [0.3, 0.4) is 0 Å². The van der Waals surface area contributed by atoms with E-state index in [2.05, 4.69) is 0 Å². The van der Waals surface area contributed by atoms with Crippen molar-refractivity contribution >= 4 is 21.6 Å². The Morgan fingerprint density at radius 3 is 2.76 bits per heavy atom. The van der Waals surface area contributed by atoms with Crippen molar-refractivity contribution in [2.24, 2.45) is 0 Å². The fraction of sp³-hybridized carbons (Fsp3) is 0.562. The van der Waals surface area contributed by atoms with Crippen molar-refractivity contribution in [3.63, 3.8) is 0 Å². The van der Waals surface area contributed by atoms with E-state index in [4.69, 9.17) is 0 Å². The molecule has 0 N–H and O–H groups in total. The number of nitrogens with zero attached hydrogens (tertiary/aromatic N) is 3. The fourth-order valence-corrected chi connectivity index (χ4v) is 4.22. The van der Waals surface area contributed by atoms with Gasteiger partial charge in [0.25, 0.3) is 5.69 Å². The molecular formula is C16H23N3O5S. The Morgan fingerprint density at radius 1 is 1.40 bits per heavy atom. The van der Waals surface area contributed by atoms with E-state index in [1.54, 1.807) is 4.90 Å². The van der Waals surface area contributed by atoms with E-state index in [-0.39, 0.29) is 29.1 Å². The van der Waals surface area contributed by atoms with Gasteiger partial charge in [0.05, 0.1) is 16.4 Å². The third-order valence-electron chi connectivity index (χ3n) is 4.51. The van der Waals surface area contributed by atoms with Gasteiger partial charge < -0.3 is 4.90 Å². The lowest BCUT2D eigenvalue weighted by Crippen LogP contribution is -2.48. The van der Waals surface area contributed by atoms with Gasteiger partial charge in [-0.15, -0.1) is 0 Å². The smallest absolute Gasteiger partial charge is 0.270 e. The number of non-ortho nitro benzene ring substituents is 1. The molecule has 0 aromatic heterocycles. The monoisotopic (exact) mass is 369 g/mol. The van der Waals surface area contributed by atoms with Gasteiger partial charge in [-0.3, -0.25) is 14.9 Å². The number of benzene rings is 1. The van der Waals surface area contributed by atoms with E-state index in [9.17, 15) is 23.3 Å². The maximum atomic E-state index is 12.6. The van der Waals surface area contributed by atoms with E-state index in [0.29, 0.717) is 6.54 Å². The molecule has 1 aromatic carbocycles. The average molecular weight is 369 g/mol. The van der Waals surface area contributed by atoms with E-state index >= 15 is 0 Å². The lowest BCUT2D eigenvalue weighted by molar-refractivity contribution is -0.385. The molecule has 1 fully saturated rings. The summed E-state index contributed by atoms with van der Waals surface area (Å²) in [5, 5.41) is 10.8. The molecule has 25 heavy (non-hydrogen) atoms. The Morgan fingerprint density at radius 2 is 2.12 bits per heavy atom. The second kappa shape index (κ2) is 7.92. The van der Waals surface area contributed by atoms with Crippen LogP contribution in [-0.4, -0.2) is 54.6 Å². The van der Waals surface area contributed by atoms with Gasteiger partial charge in [-0.2, -0.15) is 4.31 Å². The third kappa shape index (κ3) is 4.35. The minimum absolute atomic E-state index is 0.148. The molecule has 8 nitrogen and oxygen atoms in total. The van der Waals surface area contributed by atoms with E-state index in [1.165, 1.54) is 25.2 Å². The summed E-state index contributed by atoms with van der Waals surface area (Å²) in [5.74, 6) is -0.233. The number of carbonyl (C=O) groups is 1. The predicted octanol–water partition coefficient (Wildman–Crippen LogP) is 2.01. The van der Waals surface area contributed by atoms with Crippen LogP contribution < -0.4 is 0 Å². The van der Waals surface area contributed by atoms with Gasteiger partial charge in [0.1, 0.15) is 0 Å². The van der Waals surface area contributed by atoms with Crippen LogP contribution in [0.15, 0.2) is 29.2 Å². The number of likely N-dealkylation sites (tertiary alicyclic amines) is 1. The SMILES string of the molecule is CCC1CCCCN1C(=O)CN(C)S(=O)(=O)c1cccc([N+](=O)[O-])c1. The van der Waals surface area contributed by atoms with E-state index < -0.39 is 14.9 Å². The largest absolute Gasteiger partial charge is 0.339 e. The lowest BCUT2D eigenvalue weighted by Gasteiger charge is -2.36. The van der Waals surface area contributed by atoms with Crippen molar-refractivity contribution in [3.05, 3.63) is 34.4 Å². The molecule has 0 radical (unpaired) electrons. The van der Waals surface area contributed by atoms with Gasteiger partial charge in [0, 0.05) is 31.8 Å². The molecule has 1 unspecified atom stereocenters. The Kier molecular flexibility index (Phi) is 6.12. The van der Waals surface area contributed by atoms with Crippen LogP contribution in [0.2, 0.25) is 0 Å². The summed E-state index contributed by atoms with van der Waals surface area (Å²) in [7, 11) is -2.66. The van der Waals surface area contributed by atoms with Crippen LogP contribution in [0.25, 0.3) is 0 Å². The normalized spacial score (nSPS) is 18.4. The maximum absolute atomic E-state index is 12.6. The van der Waals surface area contributed by atoms with Gasteiger partial charge in [0.15, 0.2) is 0 Å². The molecule has 1 saturated heterocycles. The molecule has 0 spiro atoms. The molecule has 1 aliphatic heterocycles. The highest BCUT2D eigenvalue weighted by molar-refractivity contribution is 7.89. The summed E-state index contributed by atoms with van der Waals surface area (Å²) >= 11 is 0. The Hall–Kier alpha value is -2.00. The number of nitro benzene ring substituents is 1. The van der Waals surface area contributed by atoms with Crippen molar-refractivity contribution in [1.82, 2.24) is 9.21 Å². The minimum atomic E-state index is -3.97. The Bertz CT molecular complexity index is 750. The molecule has 0 bridgehead atoms. The van der Waals surface area contributed by atoms with Crippen LogP contribution in [0.1, 0.15) is 32.6 Å². The quantitative estimate of drug-likeness (QED) is 0.564. The van der Waals surface area contributed by atoms with Crippen molar-refractivity contribution < 1.29 is 18.1 Å². The predicted molar refractivity (Wildman–Crippen MR) is 92.6 cm³/mol. The lowest BCUT2D eigenvalue weighted by atomic mass is 10.00. The van der Waals surface area contributed by atoms with Gasteiger partial charge >= 0.3 is 0 Å². The second-order valence-electron chi connectivity index (χ2n) is 6.16. The number of amides is 1. The Labute approximate surface area is 147 Å². The van der Waals surface area contributed by atoms with Gasteiger partial charge in [-0.25, -0.2) is 8.42 Å². The van der Waals surface area contributed by atoms with Crippen LogP contribution in [0, 0.1) is 10.1 Å². The molecule has 0 aliphatic carbocycles. The highest BCUT2D eigenvalue weighted by atomic mass is 32.2. The molecule has 1 aromatic rings. The number of rotatable bonds is 6. The zero-order valence-corrected chi connectivity index (χ0v) is 15.2. The van der Waals surface area contributed by atoms with Gasteiger partial charge in [0.2, 0.25) is 15.9 Å².